The Morgan fingerprint density at radius 1 is 1.26 bits per heavy atom. The highest BCUT2D eigenvalue weighted by Gasteiger charge is 2.24. The number of benzene rings is 1. The maximum absolute atomic E-state index is 10.3. The average Bonchev–Trinajstić information content (AvgIpc) is 2.86. The van der Waals surface area contributed by atoms with Gasteiger partial charge >= 0.3 is 0 Å². The lowest BCUT2D eigenvalue weighted by atomic mass is 10.00. The molecule has 0 aliphatic carbocycles. The molecule has 1 aliphatic rings. The average molecular weight is 263 g/mol. The van der Waals surface area contributed by atoms with E-state index in [1.54, 1.807) is 7.11 Å². The molecular formula is C16H25NO2. The summed E-state index contributed by atoms with van der Waals surface area (Å²) in [5, 5.41) is 10.3. The molecule has 1 fully saturated rings. The van der Waals surface area contributed by atoms with Gasteiger partial charge in [-0.15, -0.1) is 0 Å². The number of β-amino-alcohol motifs (C(OH)–C–C–N with tert-alkyl or cyclic N) is 1. The summed E-state index contributed by atoms with van der Waals surface area (Å²) in [6.07, 6.45) is 0.988. The van der Waals surface area contributed by atoms with Crippen LogP contribution in [0.2, 0.25) is 0 Å². The first kappa shape index (κ1) is 14.5. The van der Waals surface area contributed by atoms with Crippen molar-refractivity contribution in [3.63, 3.8) is 0 Å². The third-order valence-corrected chi connectivity index (χ3v) is 3.98. The lowest BCUT2D eigenvalue weighted by Gasteiger charge is -2.20. The topological polar surface area (TPSA) is 32.7 Å². The number of hydrogen-bond donors (Lipinski definition) is 1. The molecule has 1 saturated heterocycles. The van der Waals surface area contributed by atoms with E-state index in [9.17, 15) is 5.11 Å². The van der Waals surface area contributed by atoms with Crippen LogP contribution in [-0.4, -0.2) is 42.9 Å². The summed E-state index contributed by atoms with van der Waals surface area (Å²) >= 11 is 0. The fourth-order valence-electron chi connectivity index (χ4n) is 2.61. The number of hydrogen-bond acceptors (Lipinski definition) is 3. The third-order valence-electron chi connectivity index (χ3n) is 3.98. The Hall–Kier alpha value is -0.900. The molecule has 0 saturated carbocycles. The number of methoxy groups -OCH3 is 1. The second kappa shape index (κ2) is 6.51. The molecule has 1 aromatic rings. The van der Waals surface area contributed by atoms with E-state index < -0.39 is 6.10 Å². The number of aliphatic hydroxyl groups excluding tert-OH is 1. The van der Waals surface area contributed by atoms with Crippen LogP contribution in [0.4, 0.5) is 0 Å². The summed E-state index contributed by atoms with van der Waals surface area (Å²) < 4.78 is 5.35. The minimum absolute atomic E-state index is 0.329. The van der Waals surface area contributed by atoms with Crippen molar-refractivity contribution in [2.24, 2.45) is 0 Å². The Kier molecular flexibility index (Phi) is 4.97. The molecule has 1 N–H and O–H groups in total. The standard InChI is InChI=1S/C16H25NO2/c1-12(2)13-4-6-14(7-5-13)16(18)11-17-9-8-15(10-17)19-3/h4-7,12,15-16,18H,8-11H2,1-3H3. The number of nitrogens with zero attached hydrogens (tertiary/aromatic N) is 1. The Morgan fingerprint density at radius 3 is 2.42 bits per heavy atom. The van der Waals surface area contributed by atoms with Crippen LogP contribution >= 0.6 is 0 Å². The molecule has 0 bridgehead atoms. The van der Waals surface area contributed by atoms with Crippen molar-refractivity contribution >= 4 is 0 Å². The van der Waals surface area contributed by atoms with Gasteiger partial charge in [0.1, 0.15) is 0 Å². The van der Waals surface area contributed by atoms with Gasteiger partial charge < -0.3 is 9.84 Å². The van der Waals surface area contributed by atoms with Crippen LogP contribution in [0.5, 0.6) is 0 Å². The maximum atomic E-state index is 10.3. The van der Waals surface area contributed by atoms with Gasteiger partial charge in [0.15, 0.2) is 0 Å². The van der Waals surface area contributed by atoms with Gasteiger partial charge in [0.25, 0.3) is 0 Å². The molecule has 3 nitrogen and oxygen atoms in total. The fraction of sp³-hybridized carbons (Fsp3) is 0.625. The Labute approximate surface area is 116 Å². The highest BCUT2D eigenvalue weighted by Crippen LogP contribution is 2.21. The molecule has 2 rings (SSSR count). The summed E-state index contributed by atoms with van der Waals surface area (Å²) in [7, 11) is 1.76. The Balaban J connectivity index is 1.91. The Bertz CT molecular complexity index is 388. The maximum Gasteiger partial charge on any atom is 0.0916 e. The Morgan fingerprint density at radius 2 is 1.89 bits per heavy atom. The van der Waals surface area contributed by atoms with Crippen molar-refractivity contribution in [2.45, 2.75) is 38.4 Å². The van der Waals surface area contributed by atoms with Crippen LogP contribution in [-0.2, 0) is 4.74 Å². The second-order valence-corrected chi connectivity index (χ2v) is 5.74. The van der Waals surface area contributed by atoms with Crippen molar-refractivity contribution < 1.29 is 9.84 Å². The zero-order valence-corrected chi connectivity index (χ0v) is 12.2. The molecule has 1 aromatic carbocycles. The van der Waals surface area contributed by atoms with Gasteiger partial charge in [-0.25, -0.2) is 0 Å². The molecule has 0 radical (unpaired) electrons. The molecular weight excluding hydrogens is 238 g/mol. The molecule has 19 heavy (non-hydrogen) atoms. The summed E-state index contributed by atoms with van der Waals surface area (Å²) in [6.45, 7) is 7.00. The monoisotopic (exact) mass is 263 g/mol. The molecule has 2 unspecified atom stereocenters. The smallest absolute Gasteiger partial charge is 0.0916 e. The molecule has 0 amide bonds. The van der Waals surface area contributed by atoms with Crippen LogP contribution in [0.1, 0.15) is 43.4 Å². The van der Waals surface area contributed by atoms with Gasteiger partial charge in [0.05, 0.1) is 12.2 Å². The predicted molar refractivity (Wildman–Crippen MR) is 77.3 cm³/mol. The highest BCUT2D eigenvalue weighted by atomic mass is 16.5. The first-order valence-corrected chi connectivity index (χ1v) is 7.13. The minimum atomic E-state index is -0.406. The minimum Gasteiger partial charge on any atom is -0.387 e. The molecule has 2 atom stereocenters. The van der Waals surface area contributed by atoms with E-state index in [0.29, 0.717) is 18.6 Å². The third kappa shape index (κ3) is 3.78. The molecule has 3 heteroatoms. The van der Waals surface area contributed by atoms with E-state index >= 15 is 0 Å². The predicted octanol–water partition coefficient (Wildman–Crippen LogP) is 2.56. The van der Waals surface area contributed by atoms with Gasteiger partial charge in [-0.3, -0.25) is 4.90 Å². The highest BCUT2D eigenvalue weighted by molar-refractivity contribution is 5.26. The molecule has 1 aliphatic heterocycles. The van der Waals surface area contributed by atoms with Gasteiger partial charge in [-0.2, -0.15) is 0 Å². The van der Waals surface area contributed by atoms with E-state index in [4.69, 9.17) is 4.74 Å². The lowest BCUT2D eigenvalue weighted by Crippen LogP contribution is -2.27. The quantitative estimate of drug-likeness (QED) is 0.886. The van der Waals surface area contributed by atoms with Gasteiger partial charge in [-0.1, -0.05) is 38.1 Å². The number of aliphatic hydroxyl groups is 1. The van der Waals surface area contributed by atoms with E-state index in [1.165, 1.54) is 5.56 Å². The van der Waals surface area contributed by atoms with Crippen molar-refractivity contribution in [2.75, 3.05) is 26.7 Å². The van der Waals surface area contributed by atoms with Gasteiger partial charge in [-0.05, 0) is 23.5 Å². The van der Waals surface area contributed by atoms with Gasteiger partial charge in [0.2, 0.25) is 0 Å². The van der Waals surface area contributed by atoms with Crippen LogP contribution < -0.4 is 0 Å². The summed E-state index contributed by atoms with van der Waals surface area (Å²) in [5.41, 5.74) is 2.32. The van der Waals surface area contributed by atoms with Crippen LogP contribution in [0.3, 0.4) is 0 Å². The number of likely N-dealkylation sites (tertiary alicyclic amines) is 1. The van der Waals surface area contributed by atoms with Crippen LogP contribution in [0, 0.1) is 0 Å². The molecule has 0 spiro atoms. The molecule has 0 aromatic heterocycles. The van der Waals surface area contributed by atoms with E-state index in [2.05, 4.69) is 30.9 Å². The first-order valence-electron chi connectivity index (χ1n) is 7.13. The molecule has 1 heterocycles. The van der Waals surface area contributed by atoms with Crippen molar-refractivity contribution in [1.29, 1.82) is 0 Å². The zero-order chi connectivity index (χ0) is 13.8. The second-order valence-electron chi connectivity index (χ2n) is 5.74. The largest absolute Gasteiger partial charge is 0.387 e. The van der Waals surface area contributed by atoms with Gasteiger partial charge in [0, 0.05) is 26.7 Å². The normalized spacial score (nSPS) is 22.1. The summed E-state index contributed by atoms with van der Waals surface area (Å²) in [4.78, 5) is 2.27. The fourth-order valence-corrected chi connectivity index (χ4v) is 2.61. The first-order chi connectivity index (χ1) is 9.10. The van der Waals surface area contributed by atoms with E-state index in [-0.39, 0.29) is 0 Å². The molecule has 106 valence electrons. The summed E-state index contributed by atoms with van der Waals surface area (Å²) in [6, 6.07) is 8.32. The van der Waals surface area contributed by atoms with Crippen LogP contribution in [0.25, 0.3) is 0 Å². The van der Waals surface area contributed by atoms with Crippen molar-refractivity contribution in [3.8, 4) is 0 Å². The van der Waals surface area contributed by atoms with Crippen molar-refractivity contribution in [1.82, 2.24) is 4.90 Å². The number of ether oxygens (including phenoxy) is 1. The van der Waals surface area contributed by atoms with E-state index in [0.717, 1.165) is 25.1 Å². The lowest BCUT2D eigenvalue weighted by molar-refractivity contribution is 0.0898. The van der Waals surface area contributed by atoms with Crippen LogP contribution in [0.15, 0.2) is 24.3 Å². The van der Waals surface area contributed by atoms with Crippen molar-refractivity contribution in [3.05, 3.63) is 35.4 Å². The van der Waals surface area contributed by atoms with E-state index in [1.807, 2.05) is 12.1 Å². The summed E-state index contributed by atoms with van der Waals surface area (Å²) in [5.74, 6) is 0.534. The number of rotatable bonds is 5. The SMILES string of the molecule is COC1CCN(CC(O)c2ccc(C(C)C)cc2)C1. The zero-order valence-electron chi connectivity index (χ0n) is 12.2.